The second-order valence-corrected chi connectivity index (χ2v) is 8.19. The summed E-state index contributed by atoms with van der Waals surface area (Å²) in [7, 11) is 0. The van der Waals surface area contributed by atoms with Crippen molar-refractivity contribution in [1.82, 2.24) is 0 Å². The number of carbonyl (C=O) groups is 1. The molecule has 1 aliphatic heterocycles. The second kappa shape index (κ2) is 9.04. The zero-order valence-corrected chi connectivity index (χ0v) is 18.5. The van der Waals surface area contributed by atoms with Gasteiger partial charge in [0.2, 0.25) is 5.90 Å². The number of cyclic esters (lactones) is 1. The van der Waals surface area contributed by atoms with E-state index in [0.29, 0.717) is 28.0 Å². The molecule has 150 valence electrons. The van der Waals surface area contributed by atoms with Crippen molar-refractivity contribution in [3.8, 4) is 5.75 Å². The van der Waals surface area contributed by atoms with Gasteiger partial charge in [-0.2, -0.15) is 0 Å². The number of nitrogens with zero attached hydrogens (tertiary/aromatic N) is 1. The third-order valence-electron chi connectivity index (χ3n) is 4.24. The first-order valence-corrected chi connectivity index (χ1v) is 10.5. The van der Waals surface area contributed by atoms with E-state index in [1.54, 1.807) is 24.3 Å². The third kappa shape index (κ3) is 4.93. The predicted octanol–water partition coefficient (Wildman–Crippen LogP) is 6.68. The number of aliphatic imine (C=N–C) groups is 1. The van der Waals surface area contributed by atoms with Crippen molar-refractivity contribution in [3.63, 3.8) is 0 Å². The predicted molar refractivity (Wildman–Crippen MR) is 122 cm³/mol. The standard InChI is InChI=1S/C23H14BrCl2NO3/c24-17-5-1-4-15(9-17)13-29-18-6-2-3-14(10-18)11-21-23(28)30-22(27-21)16-7-8-19(25)20(26)12-16/h1-12H,13H2/b21-11-. The molecule has 0 N–H and O–H groups in total. The van der Waals surface area contributed by atoms with Gasteiger partial charge in [-0.15, -0.1) is 0 Å². The first kappa shape index (κ1) is 20.7. The summed E-state index contributed by atoms with van der Waals surface area (Å²) in [5.74, 6) is 0.341. The Labute approximate surface area is 191 Å². The van der Waals surface area contributed by atoms with Crippen molar-refractivity contribution < 1.29 is 14.3 Å². The molecule has 0 unspecified atom stereocenters. The molecule has 0 saturated heterocycles. The smallest absolute Gasteiger partial charge is 0.363 e. The highest BCUT2D eigenvalue weighted by Gasteiger charge is 2.24. The van der Waals surface area contributed by atoms with Crippen LogP contribution in [0.3, 0.4) is 0 Å². The van der Waals surface area contributed by atoms with E-state index in [9.17, 15) is 4.79 Å². The Morgan fingerprint density at radius 2 is 1.83 bits per heavy atom. The summed E-state index contributed by atoms with van der Waals surface area (Å²) >= 11 is 15.4. The highest BCUT2D eigenvalue weighted by Crippen LogP contribution is 2.26. The van der Waals surface area contributed by atoms with E-state index in [4.69, 9.17) is 32.7 Å². The van der Waals surface area contributed by atoms with Gasteiger partial charge in [-0.1, -0.05) is 63.4 Å². The van der Waals surface area contributed by atoms with Crippen LogP contribution in [0, 0.1) is 0 Å². The molecule has 0 fully saturated rings. The van der Waals surface area contributed by atoms with Crippen LogP contribution in [0.15, 0.2) is 81.9 Å². The van der Waals surface area contributed by atoms with Crippen molar-refractivity contribution in [2.75, 3.05) is 0 Å². The summed E-state index contributed by atoms with van der Waals surface area (Å²) in [5, 5.41) is 0.779. The van der Waals surface area contributed by atoms with E-state index in [1.807, 2.05) is 48.5 Å². The highest BCUT2D eigenvalue weighted by molar-refractivity contribution is 9.10. The molecular formula is C23H14BrCl2NO3. The van der Waals surface area contributed by atoms with E-state index in [-0.39, 0.29) is 11.6 Å². The molecule has 0 aliphatic carbocycles. The maximum atomic E-state index is 12.2. The molecule has 3 aromatic carbocycles. The Morgan fingerprint density at radius 3 is 2.63 bits per heavy atom. The fourth-order valence-corrected chi connectivity index (χ4v) is 3.55. The lowest BCUT2D eigenvalue weighted by molar-refractivity contribution is -0.129. The van der Waals surface area contributed by atoms with Crippen LogP contribution in [-0.2, 0) is 16.1 Å². The zero-order chi connectivity index (χ0) is 21.1. The molecule has 1 heterocycles. The molecule has 1 aliphatic rings. The summed E-state index contributed by atoms with van der Waals surface area (Å²) in [4.78, 5) is 16.5. The quantitative estimate of drug-likeness (QED) is 0.289. The second-order valence-electron chi connectivity index (χ2n) is 6.46. The van der Waals surface area contributed by atoms with Gasteiger partial charge in [-0.3, -0.25) is 0 Å². The molecule has 0 radical (unpaired) electrons. The zero-order valence-electron chi connectivity index (χ0n) is 15.4. The number of ether oxygens (including phenoxy) is 2. The number of rotatable bonds is 5. The van der Waals surface area contributed by atoms with Crippen LogP contribution >= 0.6 is 39.1 Å². The topological polar surface area (TPSA) is 47.9 Å². The number of carbonyl (C=O) groups excluding carboxylic acids is 1. The van der Waals surface area contributed by atoms with Crippen molar-refractivity contribution >= 4 is 57.1 Å². The van der Waals surface area contributed by atoms with Crippen molar-refractivity contribution in [2.45, 2.75) is 6.61 Å². The van der Waals surface area contributed by atoms with Gasteiger partial charge in [-0.05, 0) is 59.7 Å². The van der Waals surface area contributed by atoms with Gasteiger partial charge in [0.15, 0.2) is 5.70 Å². The number of halogens is 3. The Kier molecular flexibility index (Phi) is 6.23. The first-order valence-electron chi connectivity index (χ1n) is 8.93. The van der Waals surface area contributed by atoms with Gasteiger partial charge in [0.1, 0.15) is 12.4 Å². The molecule has 0 bridgehead atoms. The van der Waals surface area contributed by atoms with E-state index < -0.39 is 5.97 Å². The van der Waals surface area contributed by atoms with Crippen LogP contribution in [0.25, 0.3) is 6.08 Å². The van der Waals surface area contributed by atoms with Crippen LogP contribution in [0.2, 0.25) is 10.0 Å². The minimum absolute atomic E-state index is 0.187. The largest absolute Gasteiger partial charge is 0.489 e. The van der Waals surface area contributed by atoms with Crippen LogP contribution in [0.5, 0.6) is 5.75 Å². The Balaban J connectivity index is 1.52. The summed E-state index contributed by atoms with van der Waals surface area (Å²) in [6.45, 7) is 0.432. The average molecular weight is 503 g/mol. The van der Waals surface area contributed by atoms with Gasteiger partial charge in [-0.25, -0.2) is 9.79 Å². The van der Waals surface area contributed by atoms with E-state index >= 15 is 0 Å². The SMILES string of the molecule is O=C1OC(c2ccc(Cl)c(Cl)c2)=N/C1=C\c1cccc(OCc2cccc(Br)c2)c1. The van der Waals surface area contributed by atoms with E-state index in [1.165, 1.54) is 0 Å². The molecule has 0 aromatic heterocycles. The number of hydrogen-bond donors (Lipinski definition) is 0. The molecule has 7 heteroatoms. The average Bonchev–Trinajstić information content (AvgIpc) is 3.09. The van der Waals surface area contributed by atoms with Gasteiger partial charge in [0.05, 0.1) is 10.0 Å². The lowest BCUT2D eigenvalue weighted by atomic mass is 10.2. The Hall–Kier alpha value is -2.60. The monoisotopic (exact) mass is 501 g/mol. The van der Waals surface area contributed by atoms with Gasteiger partial charge >= 0.3 is 5.97 Å². The minimum atomic E-state index is -0.531. The van der Waals surface area contributed by atoms with Gasteiger partial charge in [0, 0.05) is 10.0 Å². The highest BCUT2D eigenvalue weighted by atomic mass is 79.9. The summed E-state index contributed by atoms with van der Waals surface area (Å²) in [6, 6.07) is 20.2. The normalized spacial score (nSPS) is 14.6. The van der Waals surface area contributed by atoms with Crippen molar-refractivity contribution in [2.24, 2.45) is 4.99 Å². The molecule has 0 saturated carbocycles. The number of esters is 1. The molecule has 0 spiro atoms. The minimum Gasteiger partial charge on any atom is -0.489 e. The van der Waals surface area contributed by atoms with Crippen LogP contribution in [0.1, 0.15) is 16.7 Å². The Bertz CT molecular complexity index is 1190. The molecule has 0 atom stereocenters. The summed E-state index contributed by atoms with van der Waals surface area (Å²) in [6.07, 6.45) is 1.65. The lowest BCUT2D eigenvalue weighted by Crippen LogP contribution is -2.05. The summed E-state index contributed by atoms with van der Waals surface area (Å²) < 4.78 is 12.1. The Morgan fingerprint density at radius 1 is 1.00 bits per heavy atom. The summed E-state index contributed by atoms with van der Waals surface area (Å²) in [5.41, 5.74) is 2.59. The third-order valence-corrected chi connectivity index (χ3v) is 5.48. The molecule has 4 rings (SSSR count). The van der Waals surface area contributed by atoms with Crippen LogP contribution < -0.4 is 4.74 Å². The van der Waals surface area contributed by atoms with Gasteiger partial charge in [0.25, 0.3) is 0 Å². The van der Waals surface area contributed by atoms with Crippen LogP contribution in [-0.4, -0.2) is 11.9 Å². The number of hydrogen-bond acceptors (Lipinski definition) is 4. The maximum Gasteiger partial charge on any atom is 0.363 e. The van der Waals surface area contributed by atoms with E-state index in [0.717, 1.165) is 15.6 Å². The van der Waals surface area contributed by atoms with Crippen molar-refractivity contribution in [1.29, 1.82) is 0 Å². The van der Waals surface area contributed by atoms with E-state index in [2.05, 4.69) is 20.9 Å². The van der Waals surface area contributed by atoms with Crippen LogP contribution in [0.4, 0.5) is 0 Å². The fourth-order valence-electron chi connectivity index (χ4n) is 2.81. The maximum absolute atomic E-state index is 12.2. The molecular weight excluding hydrogens is 489 g/mol. The molecule has 4 nitrogen and oxygen atoms in total. The van der Waals surface area contributed by atoms with Gasteiger partial charge < -0.3 is 9.47 Å². The lowest BCUT2D eigenvalue weighted by Gasteiger charge is -2.07. The number of benzene rings is 3. The van der Waals surface area contributed by atoms with Crippen molar-refractivity contribution in [3.05, 3.63) is 104 Å². The molecule has 0 amide bonds. The molecule has 30 heavy (non-hydrogen) atoms. The first-order chi connectivity index (χ1) is 14.5. The fraction of sp³-hybridized carbons (Fsp3) is 0.0435. The molecule has 3 aromatic rings.